The van der Waals surface area contributed by atoms with Crippen LogP contribution in [-0.4, -0.2) is 41.4 Å². The summed E-state index contributed by atoms with van der Waals surface area (Å²) in [4.78, 5) is 26.4. The molecule has 1 saturated heterocycles. The number of nitro benzene ring substituents is 1. The van der Waals surface area contributed by atoms with Crippen molar-refractivity contribution in [3.05, 3.63) is 28.3 Å². The number of benzene rings is 1. The Morgan fingerprint density at radius 3 is 2.65 bits per heavy atom. The molecule has 1 saturated carbocycles. The third-order valence-electron chi connectivity index (χ3n) is 3.81. The molecule has 1 amide bonds. The highest BCUT2D eigenvalue weighted by Gasteiger charge is 2.37. The number of hydrogen-bond donors (Lipinski definition) is 1. The van der Waals surface area contributed by atoms with Crippen LogP contribution in [0.3, 0.4) is 0 Å². The zero-order valence-electron chi connectivity index (χ0n) is 11.0. The number of amides is 1. The molecule has 1 aliphatic carbocycles. The third kappa shape index (κ3) is 2.15. The molecule has 1 aliphatic heterocycles. The van der Waals surface area contributed by atoms with E-state index >= 15 is 0 Å². The highest BCUT2D eigenvalue weighted by Crippen LogP contribution is 2.35. The van der Waals surface area contributed by atoms with Crippen LogP contribution in [0.5, 0.6) is 0 Å². The predicted molar refractivity (Wildman–Crippen MR) is 74.5 cm³/mol. The van der Waals surface area contributed by atoms with Crippen molar-refractivity contribution in [2.75, 3.05) is 30.3 Å². The van der Waals surface area contributed by atoms with Crippen molar-refractivity contribution in [2.24, 2.45) is 0 Å². The highest BCUT2D eigenvalue weighted by atomic mass is 16.6. The van der Waals surface area contributed by atoms with Gasteiger partial charge in [0, 0.05) is 19.1 Å². The Labute approximate surface area is 116 Å². The van der Waals surface area contributed by atoms with Gasteiger partial charge >= 0.3 is 5.69 Å². The van der Waals surface area contributed by atoms with Crippen LogP contribution >= 0.6 is 0 Å². The maximum atomic E-state index is 12.1. The van der Waals surface area contributed by atoms with Crippen molar-refractivity contribution in [1.82, 2.24) is 4.90 Å². The molecule has 1 aromatic carbocycles. The first kappa shape index (κ1) is 12.7. The lowest BCUT2D eigenvalue weighted by molar-refractivity contribution is -0.383. The Morgan fingerprint density at radius 1 is 1.30 bits per heavy atom. The number of carbonyl (C=O) groups is 1. The van der Waals surface area contributed by atoms with E-state index in [1.807, 2.05) is 4.90 Å². The van der Waals surface area contributed by atoms with Crippen LogP contribution in [0.25, 0.3) is 0 Å². The molecule has 2 N–H and O–H groups in total. The Kier molecular flexibility index (Phi) is 2.96. The van der Waals surface area contributed by atoms with Crippen molar-refractivity contribution in [3.8, 4) is 0 Å². The van der Waals surface area contributed by atoms with Crippen molar-refractivity contribution < 1.29 is 9.72 Å². The van der Waals surface area contributed by atoms with E-state index in [0.717, 1.165) is 12.8 Å². The molecule has 0 spiro atoms. The molecule has 0 radical (unpaired) electrons. The van der Waals surface area contributed by atoms with Gasteiger partial charge in [-0.15, -0.1) is 0 Å². The lowest BCUT2D eigenvalue weighted by Crippen LogP contribution is -2.51. The van der Waals surface area contributed by atoms with Crippen LogP contribution in [0.4, 0.5) is 17.1 Å². The van der Waals surface area contributed by atoms with Gasteiger partial charge in [-0.05, 0) is 25.0 Å². The molecule has 7 heteroatoms. The SMILES string of the molecule is Nc1cccc(N2CCN(C3CC3)C(=O)C2)c1[N+](=O)[O-]. The fourth-order valence-electron chi connectivity index (χ4n) is 2.67. The smallest absolute Gasteiger partial charge is 0.315 e. The van der Waals surface area contributed by atoms with Crippen LogP contribution in [0.15, 0.2) is 18.2 Å². The first-order valence-corrected chi connectivity index (χ1v) is 6.65. The normalized spacial score (nSPS) is 19.3. The summed E-state index contributed by atoms with van der Waals surface area (Å²) in [5, 5.41) is 11.2. The second-order valence-electron chi connectivity index (χ2n) is 5.21. The van der Waals surface area contributed by atoms with Gasteiger partial charge in [0.05, 0.1) is 11.5 Å². The Bertz CT molecular complexity index is 571. The second-order valence-corrected chi connectivity index (χ2v) is 5.21. The summed E-state index contributed by atoms with van der Waals surface area (Å²) >= 11 is 0. The number of nitro groups is 1. The number of carbonyl (C=O) groups excluding carboxylic acids is 1. The number of para-hydroxylation sites is 1. The maximum Gasteiger partial charge on any atom is 0.315 e. The monoisotopic (exact) mass is 276 g/mol. The minimum atomic E-state index is -0.484. The fraction of sp³-hybridized carbons (Fsp3) is 0.462. The zero-order chi connectivity index (χ0) is 14.3. The van der Waals surface area contributed by atoms with Crippen LogP contribution in [0, 0.1) is 10.1 Å². The Hall–Kier alpha value is -2.31. The van der Waals surface area contributed by atoms with Gasteiger partial charge in [0.25, 0.3) is 0 Å². The number of hydrogen-bond acceptors (Lipinski definition) is 5. The number of nitrogen functional groups attached to an aromatic ring is 1. The Balaban J connectivity index is 1.85. The first-order chi connectivity index (χ1) is 9.58. The van der Waals surface area contributed by atoms with E-state index in [2.05, 4.69) is 0 Å². The van der Waals surface area contributed by atoms with Gasteiger partial charge in [-0.2, -0.15) is 0 Å². The second kappa shape index (κ2) is 4.66. The molecule has 20 heavy (non-hydrogen) atoms. The molecule has 1 heterocycles. The van der Waals surface area contributed by atoms with Crippen LogP contribution < -0.4 is 10.6 Å². The molecular formula is C13H16N4O3. The number of nitrogens with two attached hydrogens (primary N) is 1. The number of piperazine rings is 1. The summed E-state index contributed by atoms with van der Waals surface area (Å²) in [6, 6.07) is 5.22. The standard InChI is InChI=1S/C13H16N4O3/c14-10-2-1-3-11(13(10)17(19)20)15-6-7-16(9-4-5-9)12(18)8-15/h1-3,9H,4-8,14H2. The average molecular weight is 276 g/mol. The van der Waals surface area contributed by atoms with Crippen molar-refractivity contribution >= 4 is 23.0 Å². The molecule has 2 aliphatic rings. The largest absolute Gasteiger partial charge is 0.393 e. The summed E-state index contributed by atoms with van der Waals surface area (Å²) in [7, 11) is 0. The molecule has 0 aromatic heterocycles. The number of anilines is 2. The van der Waals surface area contributed by atoms with E-state index < -0.39 is 4.92 Å². The zero-order valence-corrected chi connectivity index (χ0v) is 11.0. The van der Waals surface area contributed by atoms with Crippen LogP contribution in [-0.2, 0) is 4.79 Å². The summed E-state index contributed by atoms with van der Waals surface area (Å²) in [5.41, 5.74) is 6.13. The molecular weight excluding hydrogens is 260 g/mol. The van der Waals surface area contributed by atoms with Gasteiger partial charge < -0.3 is 15.5 Å². The molecule has 2 fully saturated rings. The van der Waals surface area contributed by atoms with Gasteiger partial charge in [-0.1, -0.05) is 6.07 Å². The molecule has 0 unspecified atom stereocenters. The fourth-order valence-corrected chi connectivity index (χ4v) is 2.67. The molecule has 3 rings (SSSR count). The van der Waals surface area contributed by atoms with Gasteiger partial charge in [0.15, 0.2) is 0 Å². The van der Waals surface area contributed by atoms with E-state index in [4.69, 9.17) is 5.73 Å². The van der Waals surface area contributed by atoms with Crippen LogP contribution in [0.1, 0.15) is 12.8 Å². The minimum Gasteiger partial charge on any atom is -0.393 e. The molecule has 106 valence electrons. The number of nitrogens with zero attached hydrogens (tertiary/aromatic N) is 3. The van der Waals surface area contributed by atoms with E-state index in [-0.39, 0.29) is 23.8 Å². The lowest BCUT2D eigenvalue weighted by atomic mass is 10.2. The third-order valence-corrected chi connectivity index (χ3v) is 3.81. The summed E-state index contributed by atoms with van der Waals surface area (Å²) in [6.07, 6.45) is 2.15. The van der Waals surface area contributed by atoms with Crippen molar-refractivity contribution in [3.63, 3.8) is 0 Å². The summed E-state index contributed by atoms with van der Waals surface area (Å²) in [6.45, 7) is 1.41. The van der Waals surface area contributed by atoms with E-state index in [0.29, 0.717) is 24.8 Å². The van der Waals surface area contributed by atoms with E-state index in [1.54, 1.807) is 17.0 Å². The molecule has 7 nitrogen and oxygen atoms in total. The Morgan fingerprint density at radius 2 is 2.05 bits per heavy atom. The van der Waals surface area contributed by atoms with Gasteiger partial charge in [-0.25, -0.2) is 0 Å². The molecule has 0 atom stereocenters. The summed E-state index contributed by atoms with van der Waals surface area (Å²) < 4.78 is 0. The maximum absolute atomic E-state index is 12.1. The highest BCUT2D eigenvalue weighted by molar-refractivity contribution is 5.86. The van der Waals surface area contributed by atoms with Crippen molar-refractivity contribution in [2.45, 2.75) is 18.9 Å². The lowest BCUT2D eigenvalue weighted by Gasteiger charge is -2.35. The minimum absolute atomic E-state index is 0.0375. The van der Waals surface area contributed by atoms with Gasteiger partial charge in [0.2, 0.25) is 5.91 Å². The quantitative estimate of drug-likeness (QED) is 0.505. The molecule has 0 bridgehead atoms. The predicted octanol–water partition coefficient (Wildman–Crippen LogP) is 0.988. The van der Waals surface area contributed by atoms with E-state index in [1.165, 1.54) is 6.07 Å². The van der Waals surface area contributed by atoms with Gasteiger partial charge in [0.1, 0.15) is 11.4 Å². The summed E-state index contributed by atoms with van der Waals surface area (Å²) in [5.74, 6) is 0.0375. The van der Waals surface area contributed by atoms with Gasteiger partial charge in [-0.3, -0.25) is 14.9 Å². The molecule has 1 aromatic rings. The van der Waals surface area contributed by atoms with Crippen LogP contribution in [0.2, 0.25) is 0 Å². The van der Waals surface area contributed by atoms with E-state index in [9.17, 15) is 14.9 Å². The van der Waals surface area contributed by atoms with Crippen molar-refractivity contribution in [1.29, 1.82) is 0 Å². The average Bonchev–Trinajstić information content (AvgIpc) is 3.22. The topological polar surface area (TPSA) is 92.7 Å². The number of rotatable bonds is 3. The first-order valence-electron chi connectivity index (χ1n) is 6.65.